The summed E-state index contributed by atoms with van der Waals surface area (Å²) in [7, 11) is 0. The highest BCUT2D eigenvalue weighted by atomic mass is 35.5. The normalized spacial score (nSPS) is 10.8. The Morgan fingerprint density at radius 2 is 1.81 bits per heavy atom. The smallest absolute Gasteiger partial charge is 0.120 e. The van der Waals surface area contributed by atoms with Crippen molar-refractivity contribution < 1.29 is 9.84 Å². The first-order valence-electron chi connectivity index (χ1n) is 7.03. The molecule has 112 valence electrons. The highest BCUT2D eigenvalue weighted by molar-refractivity contribution is 6.30. The molecule has 2 aromatic carbocycles. The topological polar surface area (TPSA) is 32.7 Å². The Bertz CT molecular complexity index is 533. The van der Waals surface area contributed by atoms with Crippen molar-refractivity contribution in [1.82, 2.24) is 4.90 Å². The van der Waals surface area contributed by atoms with Crippen molar-refractivity contribution >= 4 is 11.6 Å². The third-order valence-corrected chi connectivity index (χ3v) is 3.37. The van der Waals surface area contributed by atoms with Gasteiger partial charge in [0.15, 0.2) is 0 Å². The highest BCUT2D eigenvalue weighted by Gasteiger charge is 2.06. The first kappa shape index (κ1) is 15.8. The summed E-state index contributed by atoms with van der Waals surface area (Å²) in [5.41, 5.74) is 1.23. The average molecular weight is 306 g/mol. The second kappa shape index (κ2) is 8.67. The third kappa shape index (κ3) is 5.76. The van der Waals surface area contributed by atoms with E-state index in [4.69, 9.17) is 21.4 Å². The average Bonchev–Trinajstić information content (AvgIpc) is 2.48. The van der Waals surface area contributed by atoms with E-state index in [2.05, 4.69) is 17.0 Å². The Balaban J connectivity index is 1.82. The molecule has 0 spiro atoms. The van der Waals surface area contributed by atoms with Gasteiger partial charge in [0.2, 0.25) is 0 Å². The van der Waals surface area contributed by atoms with E-state index in [-0.39, 0.29) is 6.61 Å². The van der Waals surface area contributed by atoms with Crippen LogP contribution in [-0.2, 0) is 6.54 Å². The zero-order valence-electron chi connectivity index (χ0n) is 11.9. The molecule has 0 unspecified atom stereocenters. The van der Waals surface area contributed by atoms with Gasteiger partial charge in [0.1, 0.15) is 12.4 Å². The SMILES string of the molecule is OCCN(CCOc1cccc(Cl)c1)Cc1ccccc1. The minimum atomic E-state index is 0.143. The number of benzene rings is 2. The summed E-state index contributed by atoms with van der Waals surface area (Å²) in [5, 5.41) is 9.84. The van der Waals surface area contributed by atoms with Crippen molar-refractivity contribution in [3.63, 3.8) is 0 Å². The second-order valence-electron chi connectivity index (χ2n) is 4.79. The molecule has 2 aromatic rings. The van der Waals surface area contributed by atoms with Crippen LogP contribution in [0.2, 0.25) is 5.02 Å². The molecule has 2 rings (SSSR count). The van der Waals surface area contributed by atoms with Crippen molar-refractivity contribution in [2.24, 2.45) is 0 Å². The monoisotopic (exact) mass is 305 g/mol. The van der Waals surface area contributed by atoms with Gasteiger partial charge in [-0.25, -0.2) is 0 Å². The summed E-state index contributed by atoms with van der Waals surface area (Å²) < 4.78 is 5.69. The first-order chi connectivity index (χ1) is 10.3. The lowest BCUT2D eigenvalue weighted by Crippen LogP contribution is -2.30. The van der Waals surface area contributed by atoms with Crippen LogP contribution in [-0.4, -0.2) is 36.3 Å². The fourth-order valence-corrected chi connectivity index (χ4v) is 2.28. The van der Waals surface area contributed by atoms with Gasteiger partial charge in [-0.15, -0.1) is 0 Å². The molecule has 4 heteroatoms. The number of halogens is 1. The molecule has 0 saturated carbocycles. The van der Waals surface area contributed by atoms with Gasteiger partial charge < -0.3 is 9.84 Å². The van der Waals surface area contributed by atoms with Crippen molar-refractivity contribution in [1.29, 1.82) is 0 Å². The quantitative estimate of drug-likeness (QED) is 0.813. The summed E-state index contributed by atoms with van der Waals surface area (Å²) in [6, 6.07) is 17.6. The van der Waals surface area contributed by atoms with E-state index in [1.807, 2.05) is 36.4 Å². The number of aliphatic hydroxyl groups is 1. The van der Waals surface area contributed by atoms with Gasteiger partial charge in [-0.1, -0.05) is 48.0 Å². The zero-order chi connectivity index (χ0) is 14.9. The van der Waals surface area contributed by atoms with E-state index < -0.39 is 0 Å². The van der Waals surface area contributed by atoms with Gasteiger partial charge >= 0.3 is 0 Å². The van der Waals surface area contributed by atoms with Gasteiger partial charge in [-0.05, 0) is 23.8 Å². The molecule has 0 aliphatic carbocycles. The predicted octanol–water partition coefficient (Wildman–Crippen LogP) is 3.21. The summed E-state index contributed by atoms with van der Waals surface area (Å²) >= 11 is 5.92. The summed E-state index contributed by atoms with van der Waals surface area (Å²) in [5.74, 6) is 0.770. The maximum Gasteiger partial charge on any atom is 0.120 e. The van der Waals surface area contributed by atoms with Crippen LogP contribution in [0, 0.1) is 0 Å². The highest BCUT2D eigenvalue weighted by Crippen LogP contribution is 2.17. The Morgan fingerprint density at radius 1 is 1.00 bits per heavy atom. The van der Waals surface area contributed by atoms with Crippen molar-refractivity contribution in [2.45, 2.75) is 6.54 Å². The summed E-state index contributed by atoms with van der Waals surface area (Å²) in [4.78, 5) is 2.17. The van der Waals surface area contributed by atoms with Gasteiger partial charge in [0.25, 0.3) is 0 Å². The lowest BCUT2D eigenvalue weighted by Gasteiger charge is -2.21. The van der Waals surface area contributed by atoms with Crippen LogP contribution in [0.3, 0.4) is 0 Å². The summed E-state index contributed by atoms with van der Waals surface area (Å²) in [6.07, 6.45) is 0. The van der Waals surface area contributed by atoms with E-state index in [0.29, 0.717) is 18.2 Å². The molecule has 0 fully saturated rings. The van der Waals surface area contributed by atoms with Gasteiger partial charge in [0.05, 0.1) is 6.61 Å². The first-order valence-corrected chi connectivity index (χ1v) is 7.41. The number of nitrogens with zero attached hydrogens (tertiary/aromatic N) is 1. The minimum absolute atomic E-state index is 0.143. The van der Waals surface area contributed by atoms with Crippen molar-refractivity contribution in [3.8, 4) is 5.75 Å². The molecule has 21 heavy (non-hydrogen) atoms. The standard InChI is InChI=1S/C17H20ClNO2/c18-16-7-4-8-17(13-16)21-12-10-19(9-11-20)14-15-5-2-1-3-6-15/h1-8,13,20H,9-12,14H2. The van der Waals surface area contributed by atoms with Crippen LogP contribution in [0.4, 0.5) is 0 Å². The number of ether oxygens (including phenoxy) is 1. The maximum atomic E-state index is 9.17. The molecule has 3 nitrogen and oxygen atoms in total. The molecule has 0 aliphatic heterocycles. The molecule has 0 aliphatic rings. The van der Waals surface area contributed by atoms with Gasteiger partial charge in [-0.2, -0.15) is 0 Å². The van der Waals surface area contributed by atoms with Crippen LogP contribution in [0.1, 0.15) is 5.56 Å². The fourth-order valence-electron chi connectivity index (χ4n) is 2.10. The van der Waals surface area contributed by atoms with Crippen LogP contribution in [0.25, 0.3) is 0 Å². The van der Waals surface area contributed by atoms with Crippen molar-refractivity contribution in [3.05, 3.63) is 65.2 Å². The molecule has 0 amide bonds. The fraction of sp³-hybridized carbons (Fsp3) is 0.294. The van der Waals surface area contributed by atoms with Gasteiger partial charge in [0, 0.05) is 24.7 Å². The summed E-state index contributed by atoms with van der Waals surface area (Å²) in [6.45, 7) is 2.90. The van der Waals surface area contributed by atoms with Crippen LogP contribution < -0.4 is 4.74 Å². The predicted molar refractivity (Wildman–Crippen MR) is 85.8 cm³/mol. The molecular weight excluding hydrogens is 286 g/mol. The number of hydrogen-bond donors (Lipinski definition) is 1. The van der Waals surface area contributed by atoms with E-state index in [1.165, 1.54) is 5.56 Å². The van der Waals surface area contributed by atoms with Crippen LogP contribution in [0.5, 0.6) is 5.75 Å². The number of rotatable bonds is 8. The number of aliphatic hydroxyl groups excluding tert-OH is 1. The molecule has 0 atom stereocenters. The molecule has 0 saturated heterocycles. The van der Waals surface area contributed by atoms with E-state index >= 15 is 0 Å². The Labute approximate surface area is 130 Å². The zero-order valence-corrected chi connectivity index (χ0v) is 12.7. The Morgan fingerprint density at radius 3 is 2.52 bits per heavy atom. The number of hydrogen-bond acceptors (Lipinski definition) is 3. The Kier molecular flexibility index (Phi) is 6.54. The maximum absolute atomic E-state index is 9.17. The molecule has 0 radical (unpaired) electrons. The van der Waals surface area contributed by atoms with Crippen LogP contribution in [0.15, 0.2) is 54.6 Å². The molecule has 1 N–H and O–H groups in total. The molecule has 0 heterocycles. The largest absolute Gasteiger partial charge is 0.492 e. The minimum Gasteiger partial charge on any atom is -0.492 e. The van der Waals surface area contributed by atoms with Gasteiger partial charge in [-0.3, -0.25) is 4.90 Å². The second-order valence-corrected chi connectivity index (χ2v) is 5.23. The van der Waals surface area contributed by atoms with E-state index in [9.17, 15) is 0 Å². The van der Waals surface area contributed by atoms with E-state index in [1.54, 1.807) is 6.07 Å². The molecular formula is C17H20ClNO2. The molecule has 0 bridgehead atoms. The van der Waals surface area contributed by atoms with Crippen molar-refractivity contribution in [2.75, 3.05) is 26.3 Å². The third-order valence-electron chi connectivity index (χ3n) is 3.14. The van der Waals surface area contributed by atoms with Crippen LogP contribution >= 0.6 is 11.6 Å². The Hall–Kier alpha value is -1.55. The lowest BCUT2D eigenvalue weighted by atomic mass is 10.2. The van der Waals surface area contributed by atoms with E-state index in [0.717, 1.165) is 18.8 Å². The lowest BCUT2D eigenvalue weighted by molar-refractivity contribution is 0.163. The molecule has 0 aromatic heterocycles.